The van der Waals surface area contributed by atoms with Crippen molar-refractivity contribution in [1.29, 1.82) is 0 Å². The summed E-state index contributed by atoms with van der Waals surface area (Å²) >= 11 is 0. The minimum atomic E-state index is -1.10. The third kappa shape index (κ3) is 7.02. The van der Waals surface area contributed by atoms with Crippen LogP contribution in [0.4, 0.5) is 4.79 Å². The summed E-state index contributed by atoms with van der Waals surface area (Å²) in [6.07, 6.45) is -0.695. The van der Waals surface area contributed by atoms with E-state index in [1.54, 1.807) is 20.8 Å². The predicted octanol–water partition coefficient (Wildman–Crippen LogP) is 1.36. The molecule has 0 saturated heterocycles. The molecule has 17 heavy (non-hydrogen) atoms. The third-order valence-electron chi connectivity index (χ3n) is 1.50. The molecule has 0 aliphatic heterocycles. The Morgan fingerprint density at radius 2 is 2.06 bits per heavy atom. The molecule has 0 saturated carbocycles. The van der Waals surface area contributed by atoms with Gasteiger partial charge in [0.15, 0.2) is 6.04 Å². The Hall–Kier alpha value is -1.95. The van der Waals surface area contributed by atoms with Crippen LogP contribution in [-0.4, -0.2) is 37.4 Å². The van der Waals surface area contributed by atoms with Crippen LogP contribution < -0.4 is 5.32 Å². The third-order valence-corrected chi connectivity index (χ3v) is 1.50. The lowest BCUT2D eigenvalue weighted by molar-refractivity contribution is -0.141. The van der Waals surface area contributed by atoms with Crippen LogP contribution in [0, 0.1) is 0 Å². The molecule has 0 radical (unpaired) electrons. The number of ether oxygens (including phenoxy) is 2. The van der Waals surface area contributed by atoms with Crippen molar-refractivity contribution in [2.45, 2.75) is 32.4 Å². The van der Waals surface area contributed by atoms with E-state index in [2.05, 4.69) is 20.1 Å². The molecule has 1 atom stereocenters. The summed E-state index contributed by atoms with van der Waals surface area (Å²) in [5.74, 6) is -0.723. The first kappa shape index (κ1) is 15.0. The van der Waals surface area contributed by atoms with Gasteiger partial charge in [-0.2, -0.15) is 0 Å². The Morgan fingerprint density at radius 1 is 1.47 bits per heavy atom. The van der Waals surface area contributed by atoms with E-state index in [0.717, 1.165) is 7.11 Å². The van der Waals surface area contributed by atoms with E-state index in [-0.39, 0.29) is 6.54 Å². The van der Waals surface area contributed by atoms with Gasteiger partial charge in [0, 0.05) is 11.5 Å². The number of nitrogens with one attached hydrogen (secondary N) is 1. The van der Waals surface area contributed by atoms with Gasteiger partial charge in [0.1, 0.15) is 5.60 Å². The molecule has 0 aromatic carbocycles. The van der Waals surface area contributed by atoms with Crippen LogP contribution in [0.1, 0.15) is 20.8 Å². The first-order valence-electron chi connectivity index (χ1n) is 4.89. The molecule has 1 N–H and O–H groups in total. The van der Waals surface area contributed by atoms with Crippen molar-refractivity contribution in [3.05, 3.63) is 10.4 Å². The molecular formula is C9H16N4O4. The molecule has 0 unspecified atom stereocenters. The topological polar surface area (TPSA) is 113 Å². The summed E-state index contributed by atoms with van der Waals surface area (Å²) in [5, 5.41) is 5.51. The van der Waals surface area contributed by atoms with E-state index in [1.807, 2.05) is 0 Å². The molecule has 96 valence electrons. The number of carbonyl (C=O) groups is 2. The summed E-state index contributed by atoms with van der Waals surface area (Å²) < 4.78 is 9.34. The summed E-state index contributed by atoms with van der Waals surface area (Å²) in [7, 11) is 1.16. The maximum absolute atomic E-state index is 11.3. The van der Waals surface area contributed by atoms with Gasteiger partial charge in [-0.15, -0.1) is 0 Å². The summed E-state index contributed by atoms with van der Waals surface area (Å²) in [6, 6.07) is -1.10. The number of hydrogen-bond donors (Lipinski definition) is 1. The number of azide groups is 1. The van der Waals surface area contributed by atoms with Gasteiger partial charge in [0.05, 0.1) is 7.11 Å². The van der Waals surface area contributed by atoms with E-state index in [0.29, 0.717) is 0 Å². The minimum absolute atomic E-state index is 0.175. The molecule has 0 aromatic rings. The van der Waals surface area contributed by atoms with Crippen LogP contribution in [0.5, 0.6) is 0 Å². The maximum Gasteiger partial charge on any atom is 0.407 e. The van der Waals surface area contributed by atoms with Gasteiger partial charge >= 0.3 is 12.1 Å². The van der Waals surface area contributed by atoms with Crippen LogP contribution in [-0.2, 0) is 14.3 Å². The highest BCUT2D eigenvalue weighted by molar-refractivity contribution is 5.77. The van der Waals surface area contributed by atoms with Gasteiger partial charge < -0.3 is 14.8 Å². The molecule has 0 bridgehead atoms. The SMILES string of the molecule is COC(=O)[C@H](CNC(=O)OC(C)(C)C)N=[N+]=[N-]. The van der Waals surface area contributed by atoms with Crippen molar-refractivity contribution in [3.8, 4) is 0 Å². The molecule has 0 fully saturated rings. The molecule has 8 heteroatoms. The molecule has 8 nitrogen and oxygen atoms in total. The molecular weight excluding hydrogens is 228 g/mol. The Morgan fingerprint density at radius 3 is 2.47 bits per heavy atom. The van der Waals surface area contributed by atoms with Crippen molar-refractivity contribution in [2.24, 2.45) is 5.11 Å². The number of hydrogen-bond acceptors (Lipinski definition) is 5. The van der Waals surface area contributed by atoms with Crippen molar-refractivity contribution in [2.75, 3.05) is 13.7 Å². The number of rotatable bonds is 4. The largest absolute Gasteiger partial charge is 0.469 e. The number of nitrogens with zero attached hydrogens (tertiary/aromatic N) is 3. The second-order valence-electron chi connectivity index (χ2n) is 4.13. The molecule has 1 amide bonds. The van der Waals surface area contributed by atoms with Crippen molar-refractivity contribution >= 4 is 12.1 Å². The van der Waals surface area contributed by atoms with Gasteiger partial charge in [-0.25, -0.2) is 4.79 Å². The van der Waals surface area contributed by atoms with E-state index in [1.165, 1.54) is 0 Å². The average molecular weight is 244 g/mol. The smallest absolute Gasteiger partial charge is 0.407 e. The molecule has 0 aliphatic carbocycles. The number of methoxy groups -OCH3 is 1. The fraction of sp³-hybridized carbons (Fsp3) is 0.778. The maximum atomic E-state index is 11.3. The van der Waals surface area contributed by atoms with Gasteiger partial charge in [-0.1, -0.05) is 5.11 Å². The Kier molecular flexibility index (Phi) is 5.84. The first-order chi connectivity index (χ1) is 7.80. The highest BCUT2D eigenvalue weighted by atomic mass is 16.6. The van der Waals surface area contributed by atoms with Crippen LogP contribution in [0.25, 0.3) is 10.4 Å². The standard InChI is InChI=1S/C9H16N4O4/c1-9(2,3)17-8(15)11-5-6(12-13-10)7(14)16-4/h6H,5H2,1-4H3,(H,11,15)/t6-/m0/s1. The predicted molar refractivity (Wildman–Crippen MR) is 59.2 cm³/mol. The molecule has 0 heterocycles. The van der Waals surface area contributed by atoms with E-state index in [4.69, 9.17) is 10.3 Å². The zero-order valence-corrected chi connectivity index (χ0v) is 10.3. The second-order valence-corrected chi connectivity index (χ2v) is 4.13. The monoisotopic (exact) mass is 244 g/mol. The fourth-order valence-corrected chi connectivity index (χ4v) is 0.864. The Labute approximate surface area is 98.9 Å². The van der Waals surface area contributed by atoms with E-state index in [9.17, 15) is 9.59 Å². The average Bonchev–Trinajstić information content (AvgIpc) is 2.20. The van der Waals surface area contributed by atoms with Gasteiger partial charge in [0.2, 0.25) is 0 Å². The van der Waals surface area contributed by atoms with Crippen LogP contribution in [0.3, 0.4) is 0 Å². The van der Waals surface area contributed by atoms with Crippen LogP contribution in [0.15, 0.2) is 5.11 Å². The lowest BCUT2D eigenvalue weighted by atomic mass is 10.2. The molecule has 0 aliphatic rings. The first-order valence-corrected chi connectivity index (χ1v) is 4.89. The Bertz CT molecular complexity index is 330. The van der Waals surface area contributed by atoms with Crippen molar-refractivity contribution in [3.63, 3.8) is 0 Å². The number of amides is 1. The number of esters is 1. The van der Waals surface area contributed by atoms with Crippen molar-refractivity contribution in [1.82, 2.24) is 5.32 Å². The Balaban J connectivity index is 4.27. The van der Waals surface area contributed by atoms with Gasteiger partial charge in [0.25, 0.3) is 0 Å². The zero-order valence-electron chi connectivity index (χ0n) is 10.3. The fourth-order valence-electron chi connectivity index (χ4n) is 0.864. The van der Waals surface area contributed by atoms with Crippen molar-refractivity contribution < 1.29 is 19.1 Å². The minimum Gasteiger partial charge on any atom is -0.469 e. The van der Waals surface area contributed by atoms with Crippen LogP contribution in [0.2, 0.25) is 0 Å². The highest BCUT2D eigenvalue weighted by Gasteiger charge is 2.21. The number of alkyl carbamates (subject to hydrolysis) is 1. The quantitative estimate of drug-likeness (QED) is 0.348. The lowest BCUT2D eigenvalue weighted by Crippen LogP contribution is -2.39. The second kappa shape index (κ2) is 6.59. The molecule has 0 aromatic heterocycles. The summed E-state index contributed by atoms with van der Waals surface area (Å²) in [4.78, 5) is 24.9. The summed E-state index contributed by atoms with van der Waals surface area (Å²) in [6.45, 7) is 4.94. The highest BCUT2D eigenvalue weighted by Crippen LogP contribution is 2.06. The normalized spacial score (nSPS) is 12.0. The molecule has 0 spiro atoms. The zero-order chi connectivity index (χ0) is 13.5. The van der Waals surface area contributed by atoms with E-state index >= 15 is 0 Å². The number of carbonyl (C=O) groups excluding carboxylic acids is 2. The van der Waals surface area contributed by atoms with Gasteiger partial charge in [-0.3, -0.25) is 4.79 Å². The molecule has 0 rings (SSSR count). The lowest BCUT2D eigenvalue weighted by Gasteiger charge is -2.20. The van der Waals surface area contributed by atoms with E-state index < -0.39 is 23.7 Å². The van der Waals surface area contributed by atoms with Crippen LogP contribution >= 0.6 is 0 Å². The van der Waals surface area contributed by atoms with Gasteiger partial charge in [-0.05, 0) is 26.3 Å². The summed E-state index contributed by atoms with van der Waals surface area (Å²) in [5.41, 5.74) is 7.60.